The molecule has 1 rings (SSSR count). The molecule has 0 atom stereocenters. The fourth-order valence-corrected chi connectivity index (χ4v) is 3.51. The molecule has 21 heavy (non-hydrogen) atoms. The van der Waals surface area contributed by atoms with Crippen molar-refractivity contribution in [2.75, 3.05) is 13.1 Å². The second-order valence-corrected chi connectivity index (χ2v) is 6.26. The summed E-state index contributed by atoms with van der Waals surface area (Å²) < 4.78 is 64.4. The quantitative estimate of drug-likeness (QED) is 0.620. The van der Waals surface area contributed by atoms with E-state index in [1.54, 1.807) is 6.92 Å². The molecule has 3 N–H and O–H groups in total. The highest BCUT2D eigenvalue weighted by Crippen LogP contribution is 2.35. The zero-order valence-electron chi connectivity index (χ0n) is 11.3. The number of benzene rings is 1. The van der Waals surface area contributed by atoms with Crippen LogP contribution in [0.1, 0.15) is 18.9 Å². The molecule has 0 spiro atoms. The summed E-state index contributed by atoms with van der Waals surface area (Å²) in [7, 11) is -4.38. The van der Waals surface area contributed by atoms with E-state index in [0.717, 1.165) is 16.4 Å². The zero-order chi connectivity index (χ0) is 16.3. The lowest BCUT2D eigenvalue weighted by atomic mass is 10.2. The van der Waals surface area contributed by atoms with Gasteiger partial charge < -0.3 is 5.73 Å². The van der Waals surface area contributed by atoms with E-state index in [-0.39, 0.29) is 6.54 Å². The van der Waals surface area contributed by atoms with Gasteiger partial charge in [-0.3, -0.25) is 5.41 Å². The van der Waals surface area contributed by atoms with Crippen molar-refractivity contribution in [2.45, 2.75) is 24.4 Å². The van der Waals surface area contributed by atoms with E-state index in [4.69, 9.17) is 11.1 Å². The van der Waals surface area contributed by atoms with Gasteiger partial charge >= 0.3 is 6.18 Å². The van der Waals surface area contributed by atoms with Crippen molar-refractivity contribution < 1.29 is 21.6 Å². The minimum Gasteiger partial charge on any atom is -0.387 e. The molecule has 0 radical (unpaired) electrons. The molecule has 0 heterocycles. The Labute approximate surface area is 121 Å². The van der Waals surface area contributed by atoms with Crippen LogP contribution in [0.2, 0.25) is 0 Å². The fourth-order valence-electron chi connectivity index (χ4n) is 1.79. The fraction of sp³-hybridized carbons (Fsp3) is 0.417. The molecule has 0 fully saturated rings. The number of sulfonamides is 1. The number of amidine groups is 1. The topological polar surface area (TPSA) is 87.2 Å². The molecule has 0 amide bonds. The molecule has 0 aliphatic rings. The first-order chi connectivity index (χ1) is 9.60. The highest BCUT2D eigenvalue weighted by atomic mass is 32.2. The van der Waals surface area contributed by atoms with Crippen LogP contribution in [-0.4, -0.2) is 31.6 Å². The summed E-state index contributed by atoms with van der Waals surface area (Å²) in [5.74, 6) is -0.434. The molecule has 0 aliphatic carbocycles. The Kier molecular flexibility index (Phi) is 5.35. The zero-order valence-corrected chi connectivity index (χ0v) is 12.1. The molecule has 0 unspecified atom stereocenters. The Balaban J connectivity index is 3.38. The minimum absolute atomic E-state index is 0.0197. The highest BCUT2D eigenvalue weighted by molar-refractivity contribution is 7.89. The van der Waals surface area contributed by atoms with Crippen LogP contribution in [0.5, 0.6) is 0 Å². The van der Waals surface area contributed by atoms with E-state index >= 15 is 0 Å². The Morgan fingerprint density at radius 3 is 2.38 bits per heavy atom. The van der Waals surface area contributed by atoms with Crippen LogP contribution in [-0.2, 0) is 16.2 Å². The summed E-state index contributed by atoms with van der Waals surface area (Å²) in [4.78, 5) is -0.827. The molecule has 0 saturated carbocycles. The van der Waals surface area contributed by atoms with Crippen LogP contribution in [0.4, 0.5) is 13.2 Å². The van der Waals surface area contributed by atoms with Gasteiger partial charge in [0, 0.05) is 6.54 Å². The molecular formula is C12H16F3N3O2S. The summed E-state index contributed by atoms with van der Waals surface area (Å²) in [5.41, 5.74) is 3.95. The summed E-state index contributed by atoms with van der Waals surface area (Å²) in [5, 5.41) is 7.17. The number of hydrogen-bond donors (Lipinski definition) is 2. The van der Waals surface area contributed by atoms with Gasteiger partial charge in [-0.2, -0.15) is 17.5 Å². The summed E-state index contributed by atoms with van der Waals surface area (Å²) >= 11 is 0. The van der Waals surface area contributed by atoms with E-state index < -0.39 is 39.0 Å². The highest BCUT2D eigenvalue weighted by Gasteiger charge is 2.38. The number of alkyl halides is 3. The standard InChI is InChI=1S/C12H16F3N3O2S/c1-2-7-18(8-11(16)17)21(19,20)10-6-4-3-5-9(10)12(13,14)15/h3-6H,2,7-8H2,1H3,(H3,16,17). The Hall–Kier alpha value is -1.61. The first-order valence-corrected chi connectivity index (χ1v) is 7.54. The van der Waals surface area contributed by atoms with Gasteiger partial charge in [0.2, 0.25) is 10.0 Å². The maximum Gasteiger partial charge on any atom is 0.417 e. The normalized spacial score (nSPS) is 12.6. The van der Waals surface area contributed by atoms with Crippen molar-refractivity contribution in [1.29, 1.82) is 5.41 Å². The van der Waals surface area contributed by atoms with E-state index in [2.05, 4.69) is 0 Å². The van der Waals surface area contributed by atoms with Crippen LogP contribution in [0, 0.1) is 5.41 Å². The van der Waals surface area contributed by atoms with Crippen molar-refractivity contribution in [3.8, 4) is 0 Å². The number of nitrogens with zero attached hydrogens (tertiary/aromatic N) is 1. The molecule has 0 saturated heterocycles. The van der Waals surface area contributed by atoms with E-state index in [0.29, 0.717) is 12.5 Å². The third-order valence-electron chi connectivity index (χ3n) is 2.63. The Morgan fingerprint density at radius 2 is 1.90 bits per heavy atom. The van der Waals surface area contributed by atoms with Crippen LogP contribution in [0.15, 0.2) is 29.2 Å². The first kappa shape index (κ1) is 17.4. The number of rotatable bonds is 6. The number of hydrogen-bond acceptors (Lipinski definition) is 3. The van der Waals surface area contributed by atoms with Crippen LogP contribution in [0.25, 0.3) is 0 Å². The largest absolute Gasteiger partial charge is 0.417 e. The summed E-state index contributed by atoms with van der Waals surface area (Å²) in [6.07, 6.45) is -4.39. The molecule has 0 bridgehead atoms. The Bertz CT molecular complexity index is 614. The van der Waals surface area contributed by atoms with E-state index in [1.807, 2.05) is 0 Å². The lowest BCUT2D eigenvalue weighted by Crippen LogP contribution is -2.39. The summed E-state index contributed by atoms with van der Waals surface area (Å²) in [6.45, 7) is 1.22. The maximum absolute atomic E-state index is 12.9. The van der Waals surface area contributed by atoms with Crippen molar-refractivity contribution in [3.05, 3.63) is 29.8 Å². The monoisotopic (exact) mass is 323 g/mol. The first-order valence-electron chi connectivity index (χ1n) is 6.10. The number of halogens is 3. The van der Waals surface area contributed by atoms with Gasteiger partial charge in [-0.25, -0.2) is 8.42 Å². The average molecular weight is 323 g/mol. The van der Waals surface area contributed by atoms with Crippen LogP contribution in [0.3, 0.4) is 0 Å². The van der Waals surface area contributed by atoms with Gasteiger partial charge in [0.05, 0.1) is 17.0 Å². The van der Waals surface area contributed by atoms with Gasteiger partial charge in [0.25, 0.3) is 0 Å². The molecule has 118 valence electrons. The number of nitrogens with one attached hydrogen (secondary N) is 1. The van der Waals surface area contributed by atoms with Gasteiger partial charge in [0.1, 0.15) is 5.84 Å². The average Bonchev–Trinajstić information content (AvgIpc) is 2.36. The maximum atomic E-state index is 12.9. The molecule has 9 heteroatoms. The molecule has 1 aromatic carbocycles. The predicted molar refractivity (Wildman–Crippen MR) is 72.4 cm³/mol. The van der Waals surface area contributed by atoms with Gasteiger partial charge in [-0.05, 0) is 18.6 Å². The van der Waals surface area contributed by atoms with Gasteiger partial charge in [0.15, 0.2) is 0 Å². The predicted octanol–water partition coefficient (Wildman–Crippen LogP) is 2.04. The molecule has 0 aromatic heterocycles. The third kappa shape index (κ3) is 4.18. The lowest BCUT2D eigenvalue weighted by molar-refractivity contribution is -0.139. The Morgan fingerprint density at radius 1 is 1.33 bits per heavy atom. The molecule has 0 aliphatic heterocycles. The van der Waals surface area contributed by atoms with Crippen molar-refractivity contribution in [2.24, 2.45) is 5.73 Å². The van der Waals surface area contributed by atoms with Crippen LogP contribution >= 0.6 is 0 Å². The van der Waals surface area contributed by atoms with Crippen molar-refractivity contribution >= 4 is 15.9 Å². The molecule has 1 aromatic rings. The van der Waals surface area contributed by atoms with E-state index in [1.165, 1.54) is 6.07 Å². The van der Waals surface area contributed by atoms with Gasteiger partial charge in [-0.15, -0.1) is 0 Å². The van der Waals surface area contributed by atoms with Gasteiger partial charge in [-0.1, -0.05) is 19.1 Å². The van der Waals surface area contributed by atoms with Crippen molar-refractivity contribution in [1.82, 2.24) is 4.31 Å². The van der Waals surface area contributed by atoms with Crippen LogP contribution < -0.4 is 5.73 Å². The second-order valence-electron chi connectivity index (χ2n) is 4.36. The third-order valence-corrected chi connectivity index (χ3v) is 4.53. The minimum atomic E-state index is -4.78. The number of nitrogens with two attached hydrogens (primary N) is 1. The summed E-state index contributed by atoms with van der Waals surface area (Å²) in [6, 6.07) is 3.96. The molecular weight excluding hydrogens is 307 g/mol. The SMILES string of the molecule is CCCN(CC(=N)N)S(=O)(=O)c1ccccc1C(F)(F)F. The second kappa shape index (κ2) is 6.44. The smallest absolute Gasteiger partial charge is 0.387 e. The lowest BCUT2D eigenvalue weighted by Gasteiger charge is -2.23. The molecule has 5 nitrogen and oxygen atoms in total. The van der Waals surface area contributed by atoms with Crippen molar-refractivity contribution in [3.63, 3.8) is 0 Å². The van der Waals surface area contributed by atoms with E-state index in [9.17, 15) is 21.6 Å².